The predicted molar refractivity (Wildman–Crippen MR) is 169 cm³/mol. The second-order valence-corrected chi connectivity index (χ2v) is 12.4. The Kier molecular flexibility index (Phi) is 7.96. The van der Waals surface area contributed by atoms with Crippen molar-refractivity contribution in [1.82, 2.24) is 19.6 Å². The van der Waals surface area contributed by atoms with Crippen molar-refractivity contribution in [1.29, 1.82) is 0 Å². The van der Waals surface area contributed by atoms with E-state index in [0.717, 1.165) is 54.4 Å². The topological polar surface area (TPSA) is 112 Å². The highest BCUT2D eigenvalue weighted by Gasteiger charge is 2.28. The smallest absolute Gasteiger partial charge is 0.322 e. The molecule has 3 aromatic carbocycles. The van der Waals surface area contributed by atoms with Gasteiger partial charge in [0.05, 0.1) is 23.9 Å². The molecule has 3 heterocycles. The number of methoxy groups -OCH3 is 1. The van der Waals surface area contributed by atoms with Crippen molar-refractivity contribution >= 4 is 33.2 Å². The lowest BCUT2D eigenvalue weighted by molar-refractivity contribution is 0.206. The standard InChI is InChI=1S/C31H35N7O4S.H2/c1-35-18-20-36(21-19-35)28-12-13-29(42-2)26-15-17-37(22-27(26)28)31(39)33-23-8-10-25(11-9-23)43(40,41)34-30-14-16-32-38(30)24-6-4-3-5-7-24;/h3-14,16,34H,15,17-22H2,1-2H3,(H,33,39);1H. The van der Waals surface area contributed by atoms with Gasteiger partial charge in [-0.1, -0.05) is 18.2 Å². The number of fused-ring (bicyclic) bond motifs is 1. The number of benzene rings is 3. The van der Waals surface area contributed by atoms with Crippen molar-refractivity contribution in [3.8, 4) is 11.4 Å². The van der Waals surface area contributed by atoms with E-state index in [-0.39, 0.29) is 12.4 Å². The molecule has 0 atom stereocenters. The SMILES string of the molecule is COc1ccc(N2CCN(C)CC2)c2c1CCN(C(=O)Nc1ccc(S(=O)(=O)Nc3ccnn3-c3ccccc3)cc1)C2.[HH]. The van der Waals surface area contributed by atoms with Crippen LogP contribution in [0.15, 0.2) is 83.9 Å². The van der Waals surface area contributed by atoms with Gasteiger partial charge in [0, 0.05) is 69.3 Å². The molecule has 0 aliphatic carbocycles. The highest BCUT2D eigenvalue weighted by atomic mass is 32.2. The summed E-state index contributed by atoms with van der Waals surface area (Å²) in [5.74, 6) is 1.17. The van der Waals surface area contributed by atoms with Gasteiger partial charge in [-0.25, -0.2) is 17.9 Å². The fourth-order valence-electron chi connectivity index (χ4n) is 5.61. The van der Waals surface area contributed by atoms with E-state index in [1.165, 1.54) is 23.0 Å². The first-order valence-electron chi connectivity index (χ1n) is 14.2. The third kappa shape index (κ3) is 6.02. The maximum atomic E-state index is 13.4. The summed E-state index contributed by atoms with van der Waals surface area (Å²) in [4.78, 5) is 19.9. The lowest BCUT2D eigenvalue weighted by Gasteiger charge is -2.38. The van der Waals surface area contributed by atoms with Gasteiger partial charge in [-0.3, -0.25) is 4.72 Å². The van der Waals surface area contributed by atoms with E-state index in [1.54, 1.807) is 30.2 Å². The maximum absolute atomic E-state index is 13.4. The second kappa shape index (κ2) is 12.0. The van der Waals surface area contributed by atoms with E-state index < -0.39 is 10.0 Å². The summed E-state index contributed by atoms with van der Waals surface area (Å²) in [5.41, 5.74) is 4.66. The van der Waals surface area contributed by atoms with Crippen molar-refractivity contribution in [3.05, 3.63) is 90.1 Å². The van der Waals surface area contributed by atoms with Crippen LogP contribution in [0, 0.1) is 0 Å². The molecule has 11 nitrogen and oxygen atoms in total. The van der Waals surface area contributed by atoms with Gasteiger partial charge in [0.25, 0.3) is 10.0 Å². The van der Waals surface area contributed by atoms with Gasteiger partial charge in [0.1, 0.15) is 11.6 Å². The number of nitrogens with zero attached hydrogens (tertiary/aromatic N) is 5. The molecule has 4 aromatic rings. The number of amides is 2. The number of urea groups is 1. The van der Waals surface area contributed by atoms with Crippen molar-refractivity contribution in [3.63, 3.8) is 0 Å². The molecule has 226 valence electrons. The van der Waals surface area contributed by atoms with E-state index in [1.807, 2.05) is 36.4 Å². The fourth-order valence-corrected chi connectivity index (χ4v) is 6.65. The van der Waals surface area contributed by atoms with Crippen LogP contribution >= 0.6 is 0 Å². The Balaban J connectivity index is 0.00000384. The van der Waals surface area contributed by atoms with Crippen molar-refractivity contribution in [2.45, 2.75) is 17.9 Å². The fraction of sp³-hybridized carbons (Fsp3) is 0.290. The molecule has 2 N–H and O–H groups in total. The first-order chi connectivity index (χ1) is 20.8. The summed E-state index contributed by atoms with van der Waals surface area (Å²) in [6.07, 6.45) is 2.22. The number of carbonyl (C=O) groups excluding carboxylic acids is 1. The molecule has 1 fully saturated rings. The molecule has 2 aliphatic heterocycles. The first kappa shape index (κ1) is 28.6. The molecule has 0 bridgehead atoms. The first-order valence-corrected chi connectivity index (χ1v) is 15.7. The summed E-state index contributed by atoms with van der Waals surface area (Å²) in [6, 6.07) is 20.9. The molecule has 0 spiro atoms. The third-order valence-electron chi connectivity index (χ3n) is 7.99. The van der Waals surface area contributed by atoms with E-state index in [2.05, 4.69) is 38.1 Å². The van der Waals surface area contributed by atoms with E-state index >= 15 is 0 Å². The lowest BCUT2D eigenvalue weighted by Crippen LogP contribution is -2.46. The largest absolute Gasteiger partial charge is 0.496 e. The van der Waals surface area contributed by atoms with Crippen LogP contribution in [0.1, 0.15) is 12.6 Å². The minimum Gasteiger partial charge on any atom is -0.496 e. The number of aromatic nitrogens is 2. The molecule has 2 amide bonds. The number of ether oxygens (including phenoxy) is 1. The Morgan fingerprint density at radius 2 is 1.65 bits per heavy atom. The average molecular weight is 604 g/mol. The summed E-state index contributed by atoms with van der Waals surface area (Å²) in [5, 5.41) is 7.18. The zero-order valence-corrected chi connectivity index (χ0v) is 25.0. The Morgan fingerprint density at radius 1 is 0.907 bits per heavy atom. The normalized spacial score (nSPS) is 15.6. The zero-order chi connectivity index (χ0) is 30.0. The number of hydrogen-bond donors (Lipinski definition) is 2. The van der Waals surface area contributed by atoms with E-state index in [9.17, 15) is 13.2 Å². The van der Waals surface area contributed by atoms with Crippen molar-refractivity contribution in [2.75, 3.05) is 61.8 Å². The van der Waals surface area contributed by atoms with Crippen LogP contribution in [0.3, 0.4) is 0 Å². The number of sulfonamides is 1. The molecule has 1 saturated heterocycles. The number of hydrogen-bond acceptors (Lipinski definition) is 7. The lowest BCUT2D eigenvalue weighted by atomic mass is 9.96. The molecule has 0 unspecified atom stereocenters. The van der Waals surface area contributed by atoms with Gasteiger partial charge in [-0.15, -0.1) is 0 Å². The van der Waals surface area contributed by atoms with Crippen molar-refractivity contribution in [2.24, 2.45) is 0 Å². The summed E-state index contributed by atoms with van der Waals surface area (Å²) >= 11 is 0. The summed E-state index contributed by atoms with van der Waals surface area (Å²) < 4.78 is 36.1. The molecular weight excluding hydrogens is 566 g/mol. The van der Waals surface area contributed by atoms with Crippen LogP contribution < -0.4 is 19.7 Å². The van der Waals surface area contributed by atoms with Crippen LogP contribution in [-0.2, 0) is 23.0 Å². The Bertz CT molecular complexity index is 1710. The minimum atomic E-state index is -3.89. The summed E-state index contributed by atoms with van der Waals surface area (Å²) in [6.45, 7) is 4.85. The number of para-hydroxylation sites is 1. The number of nitrogens with one attached hydrogen (secondary N) is 2. The molecule has 6 rings (SSSR count). The van der Waals surface area contributed by atoms with Crippen LogP contribution in [0.25, 0.3) is 5.69 Å². The monoisotopic (exact) mass is 603 g/mol. The molecule has 0 saturated carbocycles. The summed E-state index contributed by atoms with van der Waals surface area (Å²) in [7, 11) is -0.0782. The van der Waals surface area contributed by atoms with Gasteiger partial charge < -0.3 is 24.8 Å². The van der Waals surface area contributed by atoms with E-state index in [4.69, 9.17) is 4.74 Å². The van der Waals surface area contributed by atoms with Gasteiger partial charge in [0.2, 0.25) is 0 Å². The number of anilines is 3. The average Bonchev–Trinajstić information content (AvgIpc) is 3.48. The van der Waals surface area contributed by atoms with Gasteiger partial charge in [-0.2, -0.15) is 5.10 Å². The molecule has 2 aliphatic rings. The minimum absolute atomic E-state index is 0. The van der Waals surface area contributed by atoms with Crippen LogP contribution in [0.2, 0.25) is 0 Å². The van der Waals surface area contributed by atoms with Gasteiger partial charge in [-0.05, 0) is 62.0 Å². The van der Waals surface area contributed by atoms with Gasteiger partial charge >= 0.3 is 6.03 Å². The Morgan fingerprint density at radius 3 is 2.37 bits per heavy atom. The molecule has 43 heavy (non-hydrogen) atoms. The molecule has 1 aromatic heterocycles. The third-order valence-corrected chi connectivity index (χ3v) is 9.36. The number of rotatable bonds is 7. The molecular formula is C31H37N7O4S. The second-order valence-electron chi connectivity index (χ2n) is 10.7. The zero-order valence-electron chi connectivity index (χ0n) is 24.2. The van der Waals surface area contributed by atoms with Crippen molar-refractivity contribution < 1.29 is 19.4 Å². The predicted octanol–water partition coefficient (Wildman–Crippen LogP) is 4.27. The van der Waals surface area contributed by atoms with Crippen LogP contribution in [0.4, 0.5) is 22.0 Å². The molecule has 0 radical (unpaired) electrons. The number of likely N-dealkylation sites (N-methyl/N-ethyl adjacent to an activating group) is 1. The van der Waals surface area contributed by atoms with Crippen LogP contribution in [0.5, 0.6) is 5.75 Å². The van der Waals surface area contributed by atoms with E-state index in [0.29, 0.717) is 31.0 Å². The number of piperazine rings is 1. The highest BCUT2D eigenvalue weighted by Crippen LogP contribution is 2.36. The molecule has 12 heteroatoms. The van der Waals surface area contributed by atoms with Gasteiger partial charge in [0.15, 0.2) is 0 Å². The number of carbonyl (C=O) groups is 1. The maximum Gasteiger partial charge on any atom is 0.322 e. The quantitative estimate of drug-likeness (QED) is 0.325. The highest BCUT2D eigenvalue weighted by molar-refractivity contribution is 7.92. The Hall–Kier alpha value is -4.55. The Labute approximate surface area is 253 Å². The van der Waals surface area contributed by atoms with Crippen LogP contribution in [-0.4, -0.2) is 80.9 Å².